The molecule has 3 aliphatic heterocycles. The number of anilines is 3. The van der Waals surface area contributed by atoms with Crippen LogP contribution in [0.25, 0.3) is 0 Å². The summed E-state index contributed by atoms with van der Waals surface area (Å²) in [4.78, 5) is 2.15. The van der Waals surface area contributed by atoms with Crippen molar-refractivity contribution in [3.05, 3.63) is 11.6 Å². The van der Waals surface area contributed by atoms with Crippen molar-refractivity contribution in [2.45, 2.75) is 6.92 Å². The molecule has 1 aromatic carbocycles. The second kappa shape index (κ2) is 0.727. The molecule has 0 unspecified atom stereocenters. The summed E-state index contributed by atoms with van der Waals surface area (Å²) in [5.41, 5.74) is 4.85. The molecule has 0 spiro atoms. The highest BCUT2D eigenvalue weighted by atomic mass is 16.3. The number of phenolic OH excluding ortho intramolecular Hbond substituents is 1. The van der Waals surface area contributed by atoms with E-state index in [4.69, 9.17) is 5.11 Å². The lowest BCUT2D eigenvalue weighted by molar-refractivity contribution is 0.472. The summed E-state index contributed by atoms with van der Waals surface area (Å²) in [7, 11) is 0. The lowest BCUT2D eigenvalue weighted by Gasteiger charge is -2.00. The summed E-state index contributed by atoms with van der Waals surface area (Å²) in [5, 5.41) is 9.13. The third-order valence-corrected chi connectivity index (χ3v) is 2.07. The average molecular weight is 119 g/mol. The first kappa shape index (κ1) is 3.77. The molecule has 0 aromatic heterocycles. The molecule has 4 rings (SSSR count). The Bertz CT molecular complexity index is 321. The Kier molecular flexibility index (Phi) is 0.305. The quantitative estimate of drug-likeness (QED) is 0.456. The number of aromatic hydroxyl groups is 1. The fourth-order valence-electron chi connectivity index (χ4n) is 1.37. The van der Waals surface area contributed by atoms with Crippen LogP contribution in [-0.2, 0) is 0 Å². The monoisotopic (exact) mass is 119 g/mol. The van der Waals surface area contributed by atoms with E-state index < -0.39 is 0 Å². The van der Waals surface area contributed by atoms with Gasteiger partial charge in [0.2, 0.25) is 0 Å². The molecule has 2 heteroatoms. The summed E-state index contributed by atoms with van der Waals surface area (Å²) in [5.74, 6) is 0.442. The molecule has 1 aromatic rings. The predicted molar refractivity (Wildman–Crippen MR) is 34.6 cm³/mol. The Hall–Kier alpha value is -1.18. The molecule has 0 fully saturated rings. The molecule has 0 saturated carbocycles. The Balaban J connectivity index is 2.47. The number of hydrogen-bond donors (Lipinski definition) is 1. The van der Waals surface area contributed by atoms with Crippen LogP contribution in [-0.4, -0.2) is 5.11 Å². The van der Waals surface area contributed by atoms with Gasteiger partial charge < -0.3 is 10.0 Å². The summed E-state index contributed by atoms with van der Waals surface area (Å²) in [6, 6.07) is 1.82. The zero-order chi connectivity index (χ0) is 6.17. The van der Waals surface area contributed by atoms with Crippen LogP contribution in [0, 0.1) is 6.92 Å². The van der Waals surface area contributed by atoms with Gasteiger partial charge in [0, 0.05) is 11.6 Å². The molecule has 0 aliphatic carbocycles. The summed E-state index contributed by atoms with van der Waals surface area (Å²) in [6.07, 6.45) is 0. The van der Waals surface area contributed by atoms with Crippen molar-refractivity contribution in [3.8, 4) is 5.75 Å². The Morgan fingerprint density at radius 3 is 2.56 bits per heavy atom. The van der Waals surface area contributed by atoms with Crippen molar-refractivity contribution >= 4 is 17.1 Å². The van der Waals surface area contributed by atoms with Gasteiger partial charge in [0.05, 0.1) is 17.1 Å². The Morgan fingerprint density at radius 1 is 1.44 bits per heavy atom. The predicted octanol–water partition coefficient (Wildman–Crippen LogP) is 1.80. The molecular formula is C7H5NO. The van der Waals surface area contributed by atoms with E-state index in [0.29, 0.717) is 5.75 Å². The maximum absolute atomic E-state index is 9.13. The molecule has 2 bridgehead atoms. The van der Waals surface area contributed by atoms with E-state index in [1.807, 2.05) is 13.0 Å². The minimum Gasteiger partial charge on any atom is -0.508 e. The number of nitrogens with zero attached hydrogens (tertiary/aromatic N) is 1. The van der Waals surface area contributed by atoms with Crippen LogP contribution in [0.5, 0.6) is 5.75 Å². The minimum atomic E-state index is 0.442. The Morgan fingerprint density at radius 2 is 2.11 bits per heavy atom. The highest BCUT2D eigenvalue weighted by Gasteiger charge is 2.52. The zero-order valence-electron chi connectivity index (χ0n) is 4.97. The number of benzene rings is 1. The topological polar surface area (TPSA) is 23.2 Å². The summed E-state index contributed by atoms with van der Waals surface area (Å²) >= 11 is 0. The molecule has 3 aliphatic rings. The molecule has 0 amide bonds. The van der Waals surface area contributed by atoms with E-state index in [0.717, 1.165) is 5.56 Å². The molecule has 2 nitrogen and oxygen atoms in total. The van der Waals surface area contributed by atoms with Gasteiger partial charge in [0.15, 0.2) is 0 Å². The first-order valence-corrected chi connectivity index (χ1v) is 2.97. The first-order chi connectivity index (χ1) is 4.30. The van der Waals surface area contributed by atoms with Crippen molar-refractivity contribution in [1.29, 1.82) is 0 Å². The van der Waals surface area contributed by atoms with Crippen LogP contribution in [0.2, 0.25) is 0 Å². The van der Waals surface area contributed by atoms with Crippen LogP contribution >= 0.6 is 0 Å². The van der Waals surface area contributed by atoms with E-state index in [2.05, 4.69) is 4.90 Å². The molecule has 0 atom stereocenters. The van der Waals surface area contributed by atoms with Gasteiger partial charge in [0.1, 0.15) is 5.75 Å². The highest BCUT2D eigenvalue weighted by molar-refractivity contribution is 6.26. The molecule has 0 saturated heterocycles. The second-order valence-corrected chi connectivity index (χ2v) is 2.57. The van der Waals surface area contributed by atoms with Crippen molar-refractivity contribution in [2.24, 2.45) is 0 Å². The smallest absolute Gasteiger partial charge is 0.122 e. The fraction of sp³-hybridized carbons (Fsp3) is 0.143. The largest absolute Gasteiger partial charge is 0.508 e. The SMILES string of the molecule is Cc1c(O)cc2c3c1N23. The number of fused-ring (bicyclic) bond motifs is 2. The third kappa shape index (κ3) is 0.220. The number of phenols is 1. The van der Waals surface area contributed by atoms with Crippen LogP contribution in [0.4, 0.5) is 17.1 Å². The van der Waals surface area contributed by atoms with E-state index in [1.54, 1.807) is 0 Å². The third-order valence-electron chi connectivity index (χ3n) is 2.07. The maximum atomic E-state index is 9.13. The zero-order valence-corrected chi connectivity index (χ0v) is 4.97. The summed E-state index contributed by atoms with van der Waals surface area (Å²) < 4.78 is 0. The second-order valence-electron chi connectivity index (χ2n) is 2.57. The van der Waals surface area contributed by atoms with Gasteiger partial charge in [0.25, 0.3) is 0 Å². The highest BCUT2D eigenvalue weighted by Crippen LogP contribution is 2.76. The van der Waals surface area contributed by atoms with Gasteiger partial charge >= 0.3 is 0 Å². The standard InChI is InChI=1S/C7H5NO/c1-3-5(9)2-4-7-6(3)8(4)7/h2,9H,1H3. The fourth-order valence-corrected chi connectivity index (χ4v) is 1.37. The molecule has 1 N–H and O–H groups in total. The minimum absolute atomic E-state index is 0.442. The molecule has 44 valence electrons. The van der Waals surface area contributed by atoms with Gasteiger partial charge in [-0.15, -0.1) is 0 Å². The van der Waals surface area contributed by atoms with E-state index in [1.165, 1.54) is 17.1 Å². The molecule has 0 radical (unpaired) electrons. The summed E-state index contributed by atoms with van der Waals surface area (Å²) in [6.45, 7) is 1.94. The molecule has 3 heterocycles. The van der Waals surface area contributed by atoms with Gasteiger partial charge in [-0.25, -0.2) is 0 Å². The number of hydrogen-bond acceptors (Lipinski definition) is 2. The van der Waals surface area contributed by atoms with Crippen LogP contribution < -0.4 is 4.90 Å². The van der Waals surface area contributed by atoms with Crippen LogP contribution in [0.15, 0.2) is 6.07 Å². The van der Waals surface area contributed by atoms with Gasteiger partial charge in [-0.1, -0.05) is 0 Å². The lowest BCUT2D eigenvalue weighted by atomic mass is 10.2. The normalized spacial score (nSPS) is 15.4. The molecule has 9 heavy (non-hydrogen) atoms. The van der Waals surface area contributed by atoms with E-state index in [9.17, 15) is 0 Å². The van der Waals surface area contributed by atoms with Crippen molar-refractivity contribution in [2.75, 3.05) is 4.90 Å². The maximum Gasteiger partial charge on any atom is 0.122 e. The van der Waals surface area contributed by atoms with Crippen LogP contribution in [0.1, 0.15) is 5.56 Å². The first-order valence-electron chi connectivity index (χ1n) is 2.97. The van der Waals surface area contributed by atoms with E-state index >= 15 is 0 Å². The average Bonchev–Trinajstić information content (AvgIpc) is 2.61. The van der Waals surface area contributed by atoms with Gasteiger partial charge in [-0.2, -0.15) is 0 Å². The van der Waals surface area contributed by atoms with Gasteiger partial charge in [-0.3, -0.25) is 0 Å². The molecular weight excluding hydrogens is 114 g/mol. The van der Waals surface area contributed by atoms with Crippen molar-refractivity contribution in [1.82, 2.24) is 0 Å². The lowest BCUT2D eigenvalue weighted by Crippen LogP contribution is -1.80. The van der Waals surface area contributed by atoms with Crippen LogP contribution in [0.3, 0.4) is 0 Å². The van der Waals surface area contributed by atoms with Crippen molar-refractivity contribution < 1.29 is 5.11 Å². The van der Waals surface area contributed by atoms with Gasteiger partial charge in [-0.05, 0) is 6.92 Å². The van der Waals surface area contributed by atoms with Crippen molar-refractivity contribution in [3.63, 3.8) is 0 Å². The Labute approximate surface area is 52.3 Å². The van der Waals surface area contributed by atoms with E-state index in [-0.39, 0.29) is 0 Å². The number of rotatable bonds is 0.